The highest BCUT2D eigenvalue weighted by Gasteiger charge is 2.19. The van der Waals surface area contributed by atoms with E-state index in [0.717, 1.165) is 0 Å². The van der Waals surface area contributed by atoms with Crippen molar-refractivity contribution in [3.8, 4) is 0 Å². The summed E-state index contributed by atoms with van der Waals surface area (Å²) in [5.74, 6) is -0.114. The van der Waals surface area contributed by atoms with Crippen LogP contribution in [0.3, 0.4) is 0 Å². The van der Waals surface area contributed by atoms with Crippen molar-refractivity contribution in [2.75, 3.05) is 18.6 Å². The average Bonchev–Trinajstić information content (AvgIpc) is 2.34. The van der Waals surface area contributed by atoms with E-state index < -0.39 is 5.60 Å². The van der Waals surface area contributed by atoms with Crippen LogP contribution in [0.15, 0.2) is 30.3 Å². The fourth-order valence-electron chi connectivity index (χ4n) is 1.48. The molecule has 1 rings (SSSR count). The fourth-order valence-corrected chi connectivity index (χ4v) is 2.20. The predicted molar refractivity (Wildman–Crippen MR) is 77.4 cm³/mol. The largest absolute Gasteiger partial charge is 0.387 e. The molecule has 0 saturated carbocycles. The Morgan fingerprint density at radius 2 is 2.32 bits per heavy atom. The zero-order chi connectivity index (χ0) is 14.3. The van der Waals surface area contributed by atoms with E-state index in [2.05, 4.69) is 5.32 Å². The van der Waals surface area contributed by atoms with Crippen LogP contribution in [0.25, 0.3) is 6.08 Å². The highest BCUT2D eigenvalue weighted by atomic mass is 32.2. The van der Waals surface area contributed by atoms with Gasteiger partial charge < -0.3 is 10.4 Å². The molecule has 0 saturated heterocycles. The first kappa shape index (κ1) is 15.7. The lowest BCUT2D eigenvalue weighted by Crippen LogP contribution is -2.41. The van der Waals surface area contributed by atoms with Gasteiger partial charge in [0.25, 0.3) is 0 Å². The minimum absolute atomic E-state index is 0.181. The summed E-state index contributed by atoms with van der Waals surface area (Å²) in [4.78, 5) is 11.5. The number of thioether (sulfide) groups is 1. The molecular weight excluding hydrogens is 265 g/mol. The number of aliphatic hydroxyl groups is 1. The summed E-state index contributed by atoms with van der Waals surface area (Å²) in [5, 5.41) is 12.5. The third-order valence-electron chi connectivity index (χ3n) is 2.37. The molecule has 104 valence electrons. The van der Waals surface area contributed by atoms with Gasteiger partial charge in [-0.15, -0.1) is 0 Å². The molecular formula is C14H18FNO2S. The number of nitrogens with one attached hydrogen (secondary N) is 1. The smallest absolute Gasteiger partial charge is 0.244 e. The molecule has 0 aromatic heterocycles. The molecule has 0 fully saturated rings. The zero-order valence-electron chi connectivity index (χ0n) is 11.0. The van der Waals surface area contributed by atoms with Crippen LogP contribution < -0.4 is 5.32 Å². The van der Waals surface area contributed by atoms with Crippen molar-refractivity contribution in [1.82, 2.24) is 5.32 Å². The second-order valence-corrected chi connectivity index (χ2v) is 5.40. The van der Waals surface area contributed by atoms with Gasteiger partial charge in [0.1, 0.15) is 5.82 Å². The summed E-state index contributed by atoms with van der Waals surface area (Å²) in [6.07, 6.45) is 4.74. The Labute approximate surface area is 116 Å². The standard InChI is InChI=1S/C14H18FNO2S/c1-14(18,10-19-2)9-16-13(17)7-6-11-4-3-5-12(15)8-11/h3-8,18H,9-10H2,1-2H3,(H,16,17). The Hall–Kier alpha value is -1.33. The van der Waals surface area contributed by atoms with Crippen molar-refractivity contribution in [1.29, 1.82) is 0 Å². The third kappa shape index (κ3) is 6.40. The van der Waals surface area contributed by atoms with Gasteiger partial charge in [-0.25, -0.2) is 4.39 Å². The number of benzene rings is 1. The number of halogens is 1. The average molecular weight is 283 g/mol. The van der Waals surface area contributed by atoms with Gasteiger partial charge in [0.2, 0.25) is 5.91 Å². The molecule has 3 nitrogen and oxygen atoms in total. The molecule has 1 aromatic rings. The molecule has 1 unspecified atom stereocenters. The lowest BCUT2D eigenvalue weighted by molar-refractivity contribution is -0.117. The second-order valence-electron chi connectivity index (χ2n) is 4.54. The molecule has 0 spiro atoms. The van der Waals surface area contributed by atoms with Crippen molar-refractivity contribution >= 4 is 23.7 Å². The monoisotopic (exact) mass is 283 g/mol. The maximum absolute atomic E-state index is 12.9. The van der Waals surface area contributed by atoms with E-state index in [1.54, 1.807) is 19.1 Å². The number of rotatable bonds is 6. The van der Waals surface area contributed by atoms with Gasteiger partial charge in [0.15, 0.2) is 0 Å². The molecule has 5 heteroatoms. The SMILES string of the molecule is CSCC(C)(O)CNC(=O)C=Cc1cccc(F)c1. The highest BCUT2D eigenvalue weighted by molar-refractivity contribution is 7.98. The topological polar surface area (TPSA) is 49.3 Å². The summed E-state index contributed by atoms with van der Waals surface area (Å²) in [7, 11) is 0. The van der Waals surface area contributed by atoms with E-state index in [9.17, 15) is 14.3 Å². The summed E-state index contributed by atoms with van der Waals surface area (Å²) in [6, 6.07) is 5.97. The predicted octanol–water partition coefficient (Wildman–Crippen LogP) is 2.07. The van der Waals surface area contributed by atoms with Crippen molar-refractivity contribution in [3.63, 3.8) is 0 Å². The zero-order valence-corrected chi connectivity index (χ0v) is 11.8. The Kier molecular flexibility index (Phi) is 6.05. The molecule has 0 heterocycles. The Morgan fingerprint density at radius 3 is 2.95 bits per heavy atom. The van der Waals surface area contributed by atoms with Crippen LogP contribution in [0.5, 0.6) is 0 Å². The molecule has 0 bridgehead atoms. The number of carbonyl (C=O) groups is 1. The van der Waals surface area contributed by atoms with Gasteiger partial charge in [-0.05, 0) is 37.0 Å². The molecule has 19 heavy (non-hydrogen) atoms. The van der Waals surface area contributed by atoms with Crippen LogP contribution in [0.2, 0.25) is 0 Å². The summed E-state index contributed by atoms with van der Waals surface area (Å²) >= 11 is 1.51. The lowest BCUT2D eigenvalue weighted by atomic mass is 10.1. The van der Waals surface area contributed by atoms with Crippen LogP contribution in [0.4, 0.5) is 4.39 Å². The highest BCUT2D eigenvalue weighted by Crippen LogP contribution is 2.09. The van der Waals surface area contributed by atoms with E-state index in [1.165, 1.54) is 36.0 Å². The minimum Gasteiger partial charge on any atom is -0.387 e. The van der Waals surface area contributed by atoms with E-state index in [1.807, 2.05) is 6.26 Å². The lowest BCUT2D eigenvalue weighted by Gasteiger charge is -2.21. The van der Waals surface area contributed by atoms with Crippen LogP contribution in [0.1, 0.15) is 12.5 Å². The van der Waals surface area contributed by atoms with E-state index in [4.69, 9.17) is 0 Å². The summed E-state index contributed by atoms with van der Waals surface area (Å²) in [5.41, 5.74) is -0.312. The van der Waals surface area contributed by atoms with Crippen LogP contribution in [-0.2, 0) is 4.79 Å². The second kappa shape index (κ2) is 7.31. The van der Waals surface area contributed by atoms with E-state index in [-0.39, 0.29) is 18.3 Å². The molecule has 0 radical (unpaired) electrons. The Balaban J connectivity index is 2.47. The number of amides is 1. The van der Waals surface area contributed by atoms with Crippen LogP contribution in [-0.4, -0.2) is 35.2 Å². The van der Waals surface area contributed by atoms with Crippen LogP contribution in [0, 0.1) is 5.82 Å². The number of hydrogen-bond acceptors (Lipinski definition) is 3. The van der Waals surface area contributed by atoms with Gasteiger partial charge in [0, 0.05) is 18.4 Å². The summed E-state index contributed by atoms with van der Waals surface area (Å²) in [6.45, 7) is 1.85. The summed E-state index contributed by atoms with van der Waals surface area (Å²) < 4.78 is 12.9. The first-order valence-electron chi connectivity index (χ1n) is 5.86. The maximum atomic E-state index is 12.9. The first-order valence-corrected chi connectivity index (χ1v) is 7.25. The van der Waals surface area contributed by atoms with Gasteiger partial charge in [-0.3, -0.25) is 4.79 Å². The number of carbonyl (C=O) groups excluding carboxylic acids is 1. The molecule has 0 aliphatic heterocycles. The van der Waals surface area contributed by atoms with Crippen molar-refractivity contribution in [2.45, 2.75) is 12.5 Å². The quantitative estimate of drug-likeness (QED) is 0.786. The Bertz CT molecular complexity index is 461. The van der Waals surface area contributed by atoms with Crippen LogP contribution >= 0.6 is 11.8 Å². The molecule has 1 aromatic carbocycles. The van der Waals surface area contributed by atoms with Gasteiger partial charge >= 0.3 is 0 Å². The van der Waals surface area contributed by atoms with Gasteiger partial charge in [0.05, 0.1) is 5.60 Å². The molecule has 0 aliphatic rings. The van der Waals surface area contributed by atoms with Crippen molar-refractivity contribution < 1.29 is 14.3 Å². The molecule has 1 atom stereocenters. The minimum atomic E-state index is -0.929. The van der Waals surface area contributed by atoms with E-state index >= 15 is 0 Å². The van der Waals surface area contributed by atoms with E-state index in [0.29, 0.717) is 11.3 Å². The third-order valence-corrected chi connectivity index (χ3v) is 3.29. The Morgan fingerprint density at radius 1 is 1.58 bits per heavy atom. The van der Waals surface area contributed by atoms with Crippen molar-refractivity contribution in [2.24, 2.45) is 0 Å². The maximum Gasteiger partial charge on any atom is 0.244 e. The molecule has 2 N–H and O–H groups in total. The first-order chi connectivity index (χ1) is 8.93. The van der Waals surface area contributed by atoms with Gasteiger partial charge in [-0.2, -0.15) is 11.8 Å². The molecule has 0 aliphatic carbocycles. The molecule has 1 amide bonds. The number of hydrogen-bond donors (Lipinski definition) is 2. The van der Waals surface area contributed by atoms with Gasteiger partial charge in [-0.1, -0.05) is 12.1 Å². The van der Waals surface area contributed by atoms with Crippen molar-refractivity contribution in [3.05, 3.63) is 41.7 Å². The normalized spacial score (nSPS) is 14.3. The fraction of sp³-hybridized carbons (Fsp3) is 0.357.